The molecule has 2 rings (SSSR count). The van der Waals surface area contributed by atoms with E-state index in [0.717, 1.165) is 13.1 Å². The van der Waals surface area contributed by atoms with Gasteiger partial charge in [0.1, 0.15) is 0 Å². The third-order valence-corrected chi connectivity index (χ3v) is 3.33. The number of nitrogens with two attached hydrogens (primary N) is 1. The molecule has 16 heavy (non-hydrogen) atoms. The molecular formula is C13H21N3. The summed E-state index contributed by atoms with van der Waals surface area (Å²) >= 11 is 0. The average molecular weight is 219 g/mol. The zero-order chi connectivity index (χ0) is 11.2. The number of hydrogen-bond donors (Lipinski definition) is 2. The van der Waals surface area contributed by atoms with Crippen molar-refractivity contribution in [2.24, 2.45) is 5.84 Å². The van der Waals surface area contributed by atoms with Crippen LogP contribution in [0, 0.1) is 0 Å². The third kappa shape index (κ3) is 3.04. The van der Waals surface area contributed by atoms with Gasteiger partial charge in [0.2, 0.25) is 0 Å². The van der Waals surface area contributed by atoms with E-state index in [4.69, 9.17) is 5.84 Å². The molecule has 3 nitrogen and oxygen atoms in total. The normalized spacial score (nSPS) is 22.2. The van der Waals surface area contributed by atoms with E-state index < -0.39 is 0 Å². The predicted molar refractivity (Wildman–Crippen MR) is 66.7 cm³/mol. The van der Waals surface area contributed by atoms with Gasteiger partial charge in [-0.05, 0) is 24.9 Å². The number of hydrazine groups is 1. The molecule has 3 N–H and O–H groups in total. The maximum absolute atomic E-state index is 5.44. The largest absolute Gasteiger partial charge is 0.295 e. The van der Waals surface area contributed by atoms with E-state index in [9.17, 15) is 0 Å². The highest BCUT2D eigenvalue weighted by Crippen LogP contribution is 2.18. The standard InChI is InChI=1S/C13H21N3/c14-15-10-13-8-4-5-9-16(13)11-12-6-2-1-3-7-12/h1-3,6-7,13,15H,4-5,8-11,14H2. The van der Waals surface area contributed by atoms with E-state index >= 15 is 0 Å². The van der Waals surface area contributed by atoms with E-state index in [0.29, 0.717) is 6.04 Å². The first-order valence-electron chi connectivity index (χ1n) is 6.11. The van der Waals surface area contributed by atoms with Crippen molar-refractivity contribution in [1.82, 2.24) is 10.3 Å². The minimum Gasteiger partial charge on any atom is -0.295 e. The van der Waals surface area contributed by atoms with Crippen LogP contribution in [0.25, 0.3) is 0 Å². The number of hydrogen-bond acceptors (Lipinski definition) is 3. The fraction of sp³-hybridized carbons (Fsp3) is 0.538. The van der Waals surface area contributed by atoms with Gasteiger partial charge in [0.25, 0.3) is 0 Å². The number of piperidine rings is 1. The summed E-state index contributed by atoms with van der Waals surface area (Å²) in [6, 6.07) is 11.3. The molecule has 0 radical (unpaired) electrons. The van der Waals surface area contributed by atoms with Crippen LogP contribution in [-0.4, -0.2) is 24.0 Å². The van der Waals surface area contributed by atoms with Crippen molar-refractivity contribution >= 4 is 0 Å². The van der Waals surface area contributed by atoms with E-state index in [1.54, 1.807) is 0 Å². The SMILES string of the molecule is NNCC1CCCCN1Cc1ccccc1. The monoisotopic (exact) mass is 219 g/mol. The summed E-state index contributed by atoms with van der Waals surface area (Å²) in [4.78, 5) is 2.54. The molecule has 1 unspecified atom stereocenters. The molecule has 1 fully saturated rings. The second-order valence-electron chi connectivity index (χ2n) is 4.51. The molecule has 1 atom stereocenters. The molecule has 0 spiro atoms. The molecule has 1 aliphatic heterocycles. The zero-order valence-corrected chi connectivity index (χ0v) is 9.73. The maximum Gasteiger partial charge on any atom is 0.0254 e. The van der Waals surface area contributed by atoms with Gasteiger partial charge in [-0.2, -0.15) is 0 Å². The molecule has 1 aromatic rings. The van der Waals surface area contributed by atoms with Crippen LogP contribution in [0.2, 0.25) is 0 Å². The highest BCUT2D eigenvalue weighted by molar-refractivity contribution is 5.14. The highest BCUT2D eigenvalue weighted by Gasteiger charge is 2.21. The summed E-state index contributed by atoms with van der Waals surface area (Å²) < 4.78 is 0. The fourth-order valence-electron chi connectivity index (χ4n) is 2.45. The molecule has 1 aliphatic rings. The Hall–Kier alpha value is -0.900. The lowest BCUT2D eigenvalue weighted by atomic mass is 10.0. The Bertz CT molecular complexity index is 297. The van der Waals surface area contributed by atoms with Crippen molar-refractivity contribution in [2.45, 2.75) is 31.8 Å². The van der Waals surface area contributed by atoms with Crippen molar-refractivity contribution in [1.29, 1.82) is 0 Å². The van der Waals surface area contributed by atoms with E-state index in [2.05, 4.69) is 40.7 Å². The fourth-order valence-corrected chi connectivity index (χ4v) is 2.45. The van der Waals surface area contributed by atoms with Crippen molar-refractivity contribution in [3.63, 3.8) is 0 Å². The van der Waals surface area contributed by atoms with Crippen LogP contribution >= 0.6 is 0 Å². The molecule has 1 aromatic carbocycles. The summed E-state index contributed by atoms with van der Waals surface area (Å²) in [5.74, 6) is 5.44. The highest BCUT2D eigenvalue weighted by atomic mass is 15.3. The van der Waals surface area contributed by atoms with Gasteiger partial charge in [0.05, 0.1) is 0 Å². The van der Waals surface area contributed by atoms with E-state index in [1.807, 2.05) is 0 Å². The zero-order valence-electron chi connectivity index (χ0n) is 9.73. The van der Waals surface area contributed by atoms with Crippen LogP contribution in [0.5, 0.6) is 0 Å². The lowest BCUT2D eigenvalue weighted by Crippen LogP contribution is -2.46. The Balaban J connectivity index is 1.96. The number of benzene rings is 1. The topological polar surface area (TPSA) is 41.3 Å². The molecule has 0 saturated carbocycles. The quantitative estimate of drug-likeness (QED) is 0.595. The molecule has 88 valence electrons. The Morgan fingerprint density at radius 1 is 1.25 bits per heavy atom. The molecule has 0 amide bonds. The molecule has 0 bridgehead atoms. The van der Waals surface area contributed by atoms with Gasteiger partial charge < -0.3 is 0 Å². The van der Waals surface area contributed by atoms with Crippen LogP contribution in [0.4, 0.5) is 0 Å². The van der Waals surface area contributed by atoms with Gasteiger partial charge in [-0.3, -0.25) is 16.2 Å². The Kier molecular flexibility index (Phi) is 4.34. The van der Waals surface area contributed by atoms with Gasteiger partial charge >= 0.3 is 0 Å². The Morgan fingerprint density at radius 2 is 2.06 bits per heavy atom. The van der Waals surface area contributed by atoms with E-state index in [1.165, 1.54) is 31.4 Å². The minimum atomic E-state index is 0.596. The van der Waals surface area contributed by atoms with E-state index in [-0.39, 0.29) is 0 Å². The van der Waals surface area contributed by atoms with Crippen molar-refractivity contribution in [3.05, 3.63) is 35.9 Å². The Morgan fingerprint density at radius 3 is 2.81 bits per heavy atom. The third-order valence-electron chi connectivity index (χ3n) is 3.33. The molecule has 3 heteroatoms. The first kappa shape index (κ1) is 11.6. The minimum absolute atomic E-state index is 0.596. The predicted octanol–water partition coefficient (Wildman–Crippen LogP) is 1.50. The van der Waals surface area contributed by atoms with Crippen LogP contribution in [0.1, 0.15) is 24.8 Å². The lowest BCUT2D eigenvalue weighted by molar-refractivity contribution is 0.138. The van der Waals surface area contributed by atoms with Gasteiger partial charge in [0.15, 0.2) is 0 Å². The Labute approximate surface area is 97.6 Å². The number of nitrogens with one attached hydrogen (secondary N) is 1. The first-order chi connectivity index (χ1) is 7.90. The number of likely N-dealkylation sites (tertiary alicyclic amines) is 1. The number of nitrogens with zero attached hydrogens (tertiary/aromatic N) is 1. The average Bonchev–Trinajstić information content (AvgIpc) is 2.33. The van der Waals surface area contributed by atoms with Gasteiger partial charge in [-0.25, -0.2) is 0 Å². The first-order valence-corrected chi connectivity index (χ1v) is 6.11. The number of rotatable bonds is 4. The second kappa shape index (κ2) is 5.99. The molecule has 1 heterocycles. The molecule has 0 aliphatic carbocycles. The van der Waals surface area contributed by atoms with Gasteiger partial charge in [-0.15, -0.1) is 0 Å². The van der Waals surface area contributed by atoms with Crippen molar-refractivity contribution in [3.8, 4) is 0 Å². The summed E-state index contributed by atoms with van der Waals surface area (Å²) in [6.45, 7) is 3.14. The second-order valence-corrected chi connectivity index (χ2v) is 4.51. The van der Waals surface area contributed by atoms with Crippen molar-refractivity contribution in [2.75, 3.05) is 13.1 Å². The van der Waals surface area contributed by atoms with Crippen molar-refractivity contribution < 1.29 is 0 Å². The molecule has 1 saturated heterocycles. The molecule has 0 aromatic heterocycles. The summed E-state index contributed by atoms with van der Waals surface area (Å²) in [5.41, 5.74) is 4.21. The summed E-state index contributed by atoms with van der Waals surface area (Å²) in [6.07, 6.45) is 3.91. The maximum atomic E-state index is 5.44. The molecular weight excluding hydrogens is 198 g/mol. The van der Waals surface area contributed by atoms with Crippen LogP contribution < -0.4 is 11.3 Å². The summed E-state index contributed by atoms with van der Waals surface area (Å²) in [5, 5.41) is 0. The summed E-state index contributed by atoms with van der Waals surface area (Å²) in [7, 11) is 0. The lowest BCUT2D eigenvalue weighted by Gasteiger charge is -2.35. The van der Waals surface area contributed by atoms with Crippen LogP contribution in [0.3, 0.4) is 0 Å². The van der Waals surface area contributed by atoms with Gasteiger partial charge in [-0.1, -0.05) is 36.8 Å². The van der Waals surface area contributed by atoms with Crippen LogP contribution in [0.15, 0.2) is 30.3 Å². The smallest absolute Gasteiger partial charge is 0.0254 e. The van der Waals surface area contributed by atoms with Gasteiger partial charge in [0, 0.05) is 19.1 Å². The van der Waals surface area contributed by atoms with Crippen LogP contribution in [-0.2, 0) is 6.54 Å².